The molecular formula is C11H16N4O2. The van der Waals surface area contributed by atoms with E-state index in [0.29, 0.717) is 12.2 Å². The first-order chi connectivity index (χ1) is 7.99. The van der Waals surface area contributed by atoms with Gasteiger partial charge >= 0.3 is 0 Å². The van der Waals surface area contributed by atoms with Gasteiger partial charge in [0.2, 0.25) is 11.8 Å². The molecular weight excluding hydrogens is 220 g/mol. The lowest BCUT2D eigenvalue weighted by Gasteiger charge is -2.10. The van der Waals surface area contributed by atoms with Gasteiger partial charge in [-0.05, 0) is 17.7 Å². The molecule has 0 spiro atoms. The van der Waals surface area contributed by atoms with Crippen LogP contribution in [0.2, 0.25) is 0 Å². The number of carbonyl (C=O) groups excluding carboxylic acids is 2. The molecule has 1 aromatic carbocycles. The van der Waals surface area contributed by atoms with Crippen molar-refractivity contribution in [1.82, 2.24) is 5.32 Å². The van der Waals surface area contributed by atoms with Gasteiger partial charge in [0.05, 0.1) is 12.5 Å². The van der Waals surface area contributed by atoms with Gasteiger partial charge in [0.15, 0.2) is 0 Å². The third kappa shape index (κ3) is 4.52. The zero-order valence-electron chi connectivity index (χ0n) is 9.35. The van der Waals surface area contributed by atoms with Gasteiger partial charge < -0.3 is 22.5 Å². The summed E-state index contributed by atoms with van der Waals surface area (Å²) in [5, 5.41) is 2.60. The van der Waals surface area contributed by atoms with E-state index in [1.54, 1.807) is 18.2 Å². The Bertz CT molecular complexity index is 420. The Hall–Kier alpha value is -2.08. The Balaban J connectivity index is 2.45. The fourth-order valence-electron chi connectivity index (χ4n) is 1.33. The van der Waals surface area contributed by atoms with Crippen LogP contribution >= 0.6 is 0 Å². The number of nitrogen functional groups attached to an aromatic ring is 1. The van der Waals surface area contributed by atoms with E-state index in [0.717, 1.165) is 5.56 Å². The summed E-state index contributed by atoms with van der Waals surface area (Å²) in [6.45, 7) is 0.316. The molecule has 0 bridgehead atoms. The predicted octanol–water partition coefficient (Wildman–Crippen LogP) is -0.912. The average Bonchev–Trinajstić information content (AvgIpc) is 2.25. The number of primary amides is 1. The Labute approximate surface area is 99.1 Å². The number of benzene rings is 1. The van der Waals surface area contributed by atoms with Crippen LogP contribution in [0, 0.1) is 0 Å². The van der Waals surface area contributed by atoms with E-state index in [1.807, 2.05) is 6.07 Å². The van der Waals surface area contributed by atoms with E-state index in [2.05, 4.69) is 5.32 Å². The van der Waals surface area contributed by atoms with Gasteiger partial charge in [-0.25, -0.2) is 0 Å². The van der Waals surface area contributed by atoms with Gasteiger partial charge in [0.1, 0.15) is 0 Å². The Morgan fingerprint density at radius 1 is 1.35 bits per heavy atom. The maximum atomic E-state index is 11.5. The fraction of sp³-hybridized carbons (Fsp3) is 0.273. The summed E-state index contributed by atoms with van der Waals surface area (Å²) < 4.78 is 0. The smallest absolute Gasteiger partial charge is 0.237 e. The van der Waals surface area contributed by atoms with Crippen molar-refractivity contribution >= 4 is 17.5 Å². The molecule has 1 aromatic rings. The van der Waals surface area contributed by atoms with E-state index in [-0.39, 0.29) is 6.42 Å². The van der Waals surface area contributed by atoms with Crippen LogP contribution in [0.4, 0.5) is 5.69 Å². The van der Waals surface area contributed by atoms with Gasteiger partial charge in [-0.15, -0.1) is 0 Å². The summed E-state index contributed by atoms with van der Waals surface area (Å²) in [5.74, 6) is -1.01. The molecule has 0 aliphatic carbocycles. The van der Waals surface area contributed by atoms with Gasteiger partial charge in [0.25, 0.3) is 0 Å². The number of hydrogen-bond donors (Lipinski definition) is 4. The molecule has 6 heteroatoms. The van der Waals surface area contributed by atoms with Crippen molar-refractivity contribution in [2.24, 2.45) is 11.5 Å². The Kier molecular flexibility index (Phi) is 4.47. The van der Waals surface area contributed by atoms with Crippen LogP contribution < -0.4 is 22.5 Å². The molecule has 17 heavy (non-hydrogen) atoms. The minimum absolute atomic E-state index is 0.164. The SMILES string of the molecule is NC(=O)C[C@H](N)C(=O)NCc1cccc(N)c1. The molecule has 0 saturated heterocycles. The average molecular weight is 236 g/mol. The van der Waals surface area contributed by atoms with Crippen molar-refractivity contribution < 1.29 is 9.59 Å². The second-order valence-corrected chi connectivity index (χ2v) is 3.74. The number of amides is 2. The van der Waals surface area contributed by atoms with Crippen LogP contribution in [0.5, 0.6) is 0 Å². The molecule has 0 aliphatic heterocycles. The van der Waals surface area contributed by atoms with Crippen LogP contribution in [0.3, 0.4) is 0 Å². The molecule has 6 nitrogen and oxygen atoms in total. The van der Waals surface area contributed by atoms with Crippen molar-refractivity contribution in [1.29, 1.82) is 0 Å². The Morgan fingerprint density at radius 3 is 2.65 bits per heavy atom. The largest absolute Gasteiger partial charge is 0.399 e. The normalized spacial score (nSPS) is 11.8. The highest BCUT2D eigenvalue weighted by molar-refractivity contribution is 5.87. The quantitative estimate of drug-likeness (QED) is 0.494. The zero-order valence-corrected chi connectivity index (χ0v) is 9.35. The molecule has 0 aliphatic rings. The van der Waals surface area contributed by atoms with Crippen LogP contribution in [-0.2, 0) is 16.1 Å². The maximum Gasteiger partial charge on any atom is 0.237 e. The van der Waals surface area contributed by atoms with Crippen molar-refractivity contribution in [2.45, 2.75) is 19.0 Å². The molecule has 0 unspecified atom stereocenters. The number of rotatable bonds is 5. The third-order valence-corrected chi connectivity index (χ3v) is 2.18. The highest BCUT2D eigenvalue weighted by Crippen LogP contribution is 2.05. The van der Waals surface area contributed by atoms with Crippen molar-refractivity contribution in [2.75, 3.05) is 5.73 Å². The van der Waals surface area contributed by atoms with Gasteiger partial charge in [-0.2, -0.15) is 0 Å². The maximum absolute atomic E-state index is 11.5. The molecule has 0 aromatic heterocycles. The summed E-state index contributed by atoms with van der Waals surface area (Å²) in [6, 6.07) is 6.22. The standard InChI is InChI=1S/C11H16N4O2/c12-8-3-1-2-7(4-8)6-15-11(17)9(13)5-10(14)16/h1-4,9H,5-6,12-13H2,(H2,14,16)(H,15,17)/t9-/m0/s1. The third-order valence-electron chi connectivity index (χ3n) is 2.18. The molecule has 0 fully saturated rings. The van der Waals surface area contributed by atoms with Gasteiger partial charge in [-0.3, -0.25) is 9.59 Å². The van der Waals surface area contributed by atoms with Gasteiger partial charge in [-0.1, -0.05) is 12.1 Å². The monoisotopic (exact) mass is 236 g/mol. The molecule has 1 rings (SSSR count). The topological polar surface area (TPSA) is 124 Å². The minimum Gasteiger partial charge on any atom is -0.399 e. The summed E-state index contributed by atoms with van der Waals surface area (Å²) in [6.07, 6.45) is -0.164. The molecule has 1 atom stereocenters. The lowest BCUT2D eigenvalue weighted by atomic mass is 10.1. The fourth-order valence-corrected chi connectivity index (χ4v) is 1.33. The number of anilines is 1. The molecule has 7 N–H and O–H groups in total. The highest BCUT2D eigenvalue weighted by atomic mass is 16.2. The molecule has 0 saturated carbocycles. The van der Waals surface area contributed by atoms with E-state index < -0.39 is 17.9 Å². The lowest BCUT2D eigenvalue weighted by molar-refractivity contribution is -0.126. The van der Waals surface area contributed by atoms with E-state index in [4.69, 9.17) is 17.2 Å². The predicted molar refractivity (Wildman–Crippen MR) is 64.5 cm³/mol. The molecule has 92 valence electrons. The molecule has 0 radical (unpaired) electrons. The number of nitrogens with two attached hydrogens (primary N) is 3. The van der Waals surface area contributed by atoms with Crippen LogP contribution in [-0.4, -0.2) is 17.9 Å². The van der Waals surface area contributed by atoms with Crippen molar-refractivity contribution in [3.05, 3.63) is 29.8 Å². The van der Waals surface area contributed by atoms with E-state index >= 15 is 0 Å². The van der Waals surface area contributed by atoms with Crippen LogP contribution in [0.1, 0.15) is 12.0 Å². The van der Waals surface area contributed by atoms with E-state index in [1.165, 1.54) is 0 Å². The highest BCUT2D eigenvalue weighted by Gasteiger charge is 2.15. The first-order valence-electron chi connectivity index (χ1n) is 5.15. The lowest BCUT2D eigenvalue weighted by Crippen LogP contribution is -2.42. The van der Waals surface area contributed by atoms with Crippen LogP contribution in [0.15, 0.2) is 24.3 Å². The second-order valence-electron chi connectivity index (χ2n) is 3.74. The summed E-state index contributed by atoms with van der Waals surface area (Å²) >= 11 is 0. The summed E-state index contributed by atoms with van der Waals surface area (Å²) in [7, 11) is 0. The van der Waals surface area contributed by atoms with Crippen LogP contribution in [0.25, 0.3) is 0 Å². The van der Waals surface area contributed by atoms with Gasteiger partial charge in [0, 0.05) is 12.2 Å². The number of nitrogens with one attached hydrogen (secondary N) is 1. The molecule has 0 heterocycles. The summed E-state index contributed by atoms with van der Waals surface area (Å²) in [5.41, 5.74) is 17.5. The minimum atomic E-state index is -0.909. The van der Waals surface area contributed by atoms with Crippen molar-refractivity contribution in [3.63, 3.8) is 0 Å². The Morgan fingerprint density at radius 2 is 2.06 bits per heavy atom. The second kappa shape index (κ2) is 5.86. The zero-order chi connectivity index (χ0) is 12.8. The van der Waals surface area contributed by atoms with Crippen molar-refractivity contribution in [3.8, 4) is 0 Å². The van der Waals surface area contributed by atoms with E-state index in [9.17, 15) is 9.59 Å². The number of carbonyl (C=O) groups is 2. The first-order valence-corrected chi connectivity index (χ1v) is 5.15. The summed E-state index contributed by atoms with van der Waals surface area (Å²) in [4.78, 5) is 22.0. The molecule has 2 amide bonds. The number of hydrogen-bond acceptors (Lipinski definition) is 4. The first kappa shape index (κ1) is 13.0.